The summed E-state index contributed by atoms with van der Waals surface area (Å²) < 4.78 is 7.14. The third-order valence-corrected chi connectivity index (χ3v) is 7.54. The van der Waals surface area contributed by atoms with E-state index < -0.39 is 5.41 Å². The predicted molar refractivity (Wildman–Crippen MR) is 140 cm³/mol. The van der Waals surface area contributed by atoms with Gasteiger partial charge in [0.25, 0.3) is 0 Å². The molecular formula is C31H23BrO2. The number of fused-ring (bicyclic) bond motifs is 3. The van der Waals surface area contributed by atoms with E-state index in [4.69, 9.17) is 4.74 Å². The van der Waals surface area contributed by atoms with Crippen LogP contribution in [-0.4, -0.2) is 5.11 Å². The van der Waals surface area contributed by atoms with E-state index in [-0.39, 0.29) is 17.6 Å². The van der Waals surface area contributed by atoms with Crippen LogP contribution in [0, 0.1) is 5.92 Å². The Hall–Kier alpha value is -3.56. The van der Waals surface area contributed by atoms with Crippen LogP contribution in [0.5, 0.6) is 17.2 Å². The summed E-state index contributed by atoms with van der Waals surface area (Å²) in [5.74, 6) is 2.39. The Morgan fingerprint density at radius 1 is 0.706 bits per heavy atom. The van der Waals surface area contributed by atoms with Gasteiger partial charge < -0.3 is 9.84 Å². The van der Waals surface area contributed by atoms with Crippen LogP contribution < -0.4 is 4.74 Å². The Morgan fingerprint density at radius 3 is 2.09 bits per heavy atom. The van der Waals surface area contributed by atoms with Crippen LogP contribution in [0.1, 0.15) is 28.2 Å². The minimum absolute atomic E-state index is 0.215. The Labute approximate surface area is 208 Å². The van der Waals surface area contributed by atoms with Crippen molar-refractivity contribution in [3.8, 4) is 17.2 Å². The Kier molecular flexibility index (Phi) is 5.15. The molecule has 34 heavy (non-hydrogen) atoms. The first kappa shape index (κ1) is 21.0. The number of aromatic hydroxyl groups is 1. The molecular weight excluding hydrogens is 484 g/mol. The topological polar surface area (TPSA) is 29.5 Å². The highest BCUT2D eigenvalue weighted by molar-refractivity contribution is 9.10. The smallest absolute Gasteiger partial charge is 0.127 e. The lowest BCUT2D eigenvalue weighted by Crippen LogP contribution is -2.35. The van der Waals surface area contributed by atoms with Crippen molar-refractivity contribution < 1.29 is 9.84 Å². The summed E-state index contributed by atoms with van der Waals surface area (Å²) in [5.41, 5.74) is 4.59. The van der Waals surface area contributed by atoms with Gasteiger partial charge in [-0.2, -0.15) is 0 Å². The van der Waals surface area contributed by atoms with E-state index in [0.29, 0.717) is 0 Å². The van der Waals surface area contributed by atoms with Gasteiger partial charge in [0.1, 0.15) is 17.2 Å². The van der Waals surface area contributed by atoms with Crippen molar-refractivity contribution in [1.82, 2.24) is 0 Å². The minimum atomic E-state index is -0.399. The fourth-order valence-electron chi connectivity index (χ4n) is 5.66. The molecule has 0 bridgehead atoms. The second-order valence-electron chi connectivity index (χ2n) is 8.85. The summed E-state index contributed by atoms with van der Waals surface area (Å²) >= 11 is 3.73. The van der Waals surface area contributed by atoms with Crippen molar-refractivity contribution in [2.75, 3.05) is 0 Å². The van der Waals surface area contributed by atoms with Gasteiger partial charge in [-0.25, -0.2) is 0 Å². The number of rotatable bonds is 4. The average Bonchev–Trinajstić information content (AvgIpc) is 3.16. The van der Waals surface area contributed by atoms with Crippen LogP contribution in [0.2, 0.25) is 0 Å². The van der Waals surface area contributed by atoms with Crippen LogP contribution >= 0.6 is 15.9 Å². The Balaban J connectivity index is 1.55. The van der Waals surface area contributed by atoms with Gasteiger partial charge in [0.15, 0.2) is 0 Å². The van der Waals surface area contributed by atoms with E-state index in [1.54, 1.807) is 12.1 Å². The zero-order valence-electron chi connectivity index (χ0n) is 18.4. The van der Waals surface area contributed by atoms with Gasteiger partial charge in [-0.3, -0.25) is 0 Å². The third kappa shape index (κ3) is 3.31. The summed E-state index contributed by atoms with van der Waals surface area (Å²) in [6.45, 7) is 0. The number of para-hydroxylation sites is 1. The van der Waals surface area contributed by atoms with E-state index >= 15 is 0 Å². The maximum Gasteiger partial charge on any atom is 0.127 e. The molecule has 0 heterocycles. The average molecular weight is 507 g/mol. The van der Waals surface area contributed by atoms with Crippen LogP contribution in [0.25, 0.3) is 0 Å². The number of hydrogen-bond donors (Lipinski definition) is 1. The predicted octanol–water partition coefficient (Wildman–Crippen LogP) is 8.12. The number of hydrogen-bond acceptors (Lipinski definition) is 2. The van der Waals surface area contributed by atoms with E-state index in [9.17, 15) is 5.11 Å². The van der Waals surface area contributed by atoms with Gasteiger partial charge in [0, 0.05) is 16.3 Å². The summed E-state index contributed by atoms with van der Waals surface area (Å²) in [7, 11) is 0. The molecule has 0 aromatic heterocycles. The van der Waals surface area contributed by atoms with Crippen molar-refractivity contribution in [3.63, 3.8) is 0 Å². The largest absolute Gasteiger partial charge is 0.508 e. The molecule has 0 spiro atoms. The number of ether oxygens (including phenoxy) is 1. The highest BCUT2D eigenvalue weighted by atomic mass is 79.9. The Bertz CT molecular complexity index is 1390. The SMILES string of the molecule is Oc1ccc(C2(c3ccc(Oc4ccccc4)cc3)c3cc(Br)ccc3C3C=CC=CC32)cc1. The normalized spacial score (nSPS) is 22.3. The van der Waals surface area contributed by atoms with Crippen LogP contribution in [-0.2, 0) is 5.41 Å². The molecule has 2 nitrogen and oxygen atoms in total. The van der Waals surface area contributed by atoms with Crippen LogP contribution in [0.15, 0.2) is 126 Å². The molecule has 2 aliphatic carbocycles. The molecule has 3 atom stereocenters. The number of allylic oxidation sites excluding steroid dienone is 4. The van der Waals surface area contributed by atoms with Crippen molar-refractivity contribution in [2.45, 2.75) is 11.3 Å². The van der Waals surface area contributed by atoms with E-state index in [1.165, 1.54) is 16.7 Å². The summed E-state index contributed by atoms with van der Waals surface area (Å²) in [6, 6.07) is 32.7. The van der Waals surface area contributed by atoms with E-state index in [0.717, 1.165) is 21.5 Å². The van der Waals surface area contributed by atoms with Gasteiger partial charge >= 0.3 is 0 Å². The lowest BCUT2D eigenvalue weighted by molar-refractivity contribution is 0.450. The van der Waals surface area contributed by atoms with E-state index in [2.05, 4.69) is 94.8 Å². The molecule has 0 fully saturated rings. The third-order valence-electron chi connectivity index (χ3n) is 7.05. The molecule has 3 unspecified atom stereocenters. The van der Waals surface area contributed by atoms with Crippen molar-refractivity contribution in [3.05, 3.63) is 148 Å². The highest BCUT2D eigenvalue weighted by Crippen LogP contribution is 2.60. The second-order valence-corrected chi connectivity index (χ2v) is 9.76. The molecule has 4 aromatic carbocycles. The van der Waals surface area contributed by atoms with Crippen LogP contribution in [0.3, 0.4) is 0 Å². The van der Waals surface area contributed by atoms with Gasteiger partial charge in [0.2, 0.25) is 0 Å². The minimum Gasteiger partial charge on any atom is -0.508 e. The number of benzene rings is 4. The second kappa shape index (κ2) is 8.34. The standard InChI is InChI=1S/C31H23BrO2/c32-23-14-19-28-27-8-4-5-9-29(27)31(30(28)20-23,21-10-15-24(33)16-11-21)22-12-17-26(18-13-22)34-25-6-2-1-3-7-25/h1-20,27,29,33H. The molecule has 166 valence electrons. The van der Waals surface area contributed by atoms with Gasteiger partial charge in [-0.05, 0) is 70.8 Å². The monoisotopic (exact) mass is 506 g/mol. The first-order valence-electron chi connectivity index (χ1n) is 11.4. The molecule has 0 amide bonds. The highest BCUT2D eigenvalue weighted by Gasteiger charge is 2.52. The first-order valence-corrected chi connectivity index (χ1v) is 12.2. The van der Waals surface area contributed by atoms with Crippen molar-refractivity contribution in [1.29, 1.82) is 0 Å². The molecule has 0 radical (unpaired) electrons. The molecule has 3 heteroatoms. The summed E-state index contributed by atoms with van der Waals surface area (Å²) in [6.07, 6.45) is 8.95. The summed E-state index contributed by atoms with van der Waals surface area (Å²) in [5, 5.41) is 10.1. The van der Waals surface area contributed by atoms with Gasteiger partial charge in [0.05, 0.1) is 5.41 Å². The molecule has 2 aliphatic rings. The number of phenolic OH excluding ortho intramolecular Hbond substituents is 1. The molecule has 0 saturated heterocycles. The number of phenols is 1. The first-order chi connectivity index (χ1) is 16.7. The van der Waals surface area contributed by atoms with Crippen LogP contribution in [0.4, 0.5) is 0 Å². The molecule has 6 rings (SSSR count). The maximum absolute atomic E-state index is 10.1. The maximum atomic E-state index is 10.1. The zero-order chi connectivity index (χ0) is 23.1. The molecule has 4 aromatic rings. The number of halogens is 1. The van der Waals surface area contributed by atoms with E-state index in [1.807, 2.05) is 30.3 Å². The fraction of sp³-hybridized carbons (Fsp3) is 0.0968. The van der Waals surface area contributed by atoms with Gasteiger partial charge in [-0.1, -0.05) is 88.8 Å². The summed E-state index contributed by atoms with van der Waals surface area (Å²) in [4.78, 5) is 0. The quantitative estimate of drug-likeness (QED) is 0.302. The molecule has 0 saturated carbocycles. The molecule has 1 N–H and O–H groups in total. The zero-order valence-corrected chi connectivity index (χ0v) is 20.0. The van der Waals surface area contributed by atoms with Gasteiger partial charge in [-0.15, -0.1) is 0 Å². The fourth-order valence-corrected chi connectivity index (χ4v) is 6.02. The lowest BCUT2D eigenvalue weighted by atomic mass is 9.63. The molecule has 0 aliphatic heterocycles. The van der Waals surface area contributed by atoms with Crippen molar-refractivity contribution in [2.24, 2.45) is 5.92 Å². The van der Waals surface area contributed by atoms with Crippen molar-refractivity contribution >= 4 is 15.9 Å². The lowest BCUT2D eigenvalue weighted by Gasteiger charge is -2.39. The Morgan fingerprint density at radius 2 is 1.35 bits per heavy atom.